The minimum absolute atomic E-state index is 0.0702. The largest absolute Gasteiger partial charge is 0.338 e. The van der Waals surface area contributed by atoms with E-state index in [1.54, 1.807) is 0 Å². The number of carbonyl (C=O) groups excluding carboxylic acids is 1. The Balaban J connectivity index is 1.40. The summed E-state index contributed by atoms with van der Waals surface area (Å²) in [7, 11) is 0. The van der Waals surface area contributed by atoms with Gasteiger partial charge in [0.1, 0.15) is 0 Å². The normalized spacial score (nSPS) is 14.1. The van der Waals surface area contributed by atoms with Crippen molar-refractivity contribution in [3.63, 3.8) is 0 Å². The molecule has 3 aromatic carbocycles. The molecule has 8 heteroatoms. The van der Waals surface area contributed by atoms with Crippen LogP contribution in [0.3, 0.4) is 0 Å². The number of benzene rings is 3. The third-order valence-corrected chi connectivity index (χ3v) is 7.05. The van der Waals surface area contributed by atoms with Crippen molar-refractivity contribution in [3.05, 3.63) is 88.4 Å². The molecule has 3 heterocycles. The number of hydrogen-bond acceptors (Lipinski definition) is 5. The van der Waals surface area contributed by atoms with Crippen LogP contribution in [0.1, 0.15) is 21.5 Å². The molecule has 0 N–H and O–H groups in total. The van der Waals surface area contributed by atoms with Crippen LogP contribution >= 0.6 is 11.6 Å². The van der Waals surface area contributed by atoms with Gasteiger partial charge in [0.15, 0.2) is 11.5 Å². The van der Waals surface area contributed by atoms with E-state index in [-0.39, 0.29) is 5.91 Å². The van der Waals surface area contributed by atoms with Gasteiger partial charge in [-0.1, -0.05) is 59.6 Å². The second-order valence-electron chi connectivity index (χ2n) is 9.22. The summed E-state index contributed by atoms with van der Waals surface area (Å²) in [6, 6.07) is 21.6. The number of hydrogen-bond donors (Lipinski definition) is 0. The van der Waals surface area contributed by atoms with Gasteiger partial charge in [-0.25, -0.2) is 9.38 Å². The quantitative estimate of drug-likeness (QED) is 0.344. The first-order valence-corrected chi connectivity index (χ1v) is 12.4. The summed E-state index contributed by atoms with van der Waals surface area (Å²) >= 11 is 6.31. The Hall–Kier alpha value is -3.97. The molecule has 5 aromatic rings. The maximum Gasteiger partial charge on any atom is 0.254 e. The van der Waals surface area contributed by atoms with Crippen LogP contribution in [-0.4, -0.2) is 56.6 Å². The maximum absolute atomic E-state index is 13.2. The van der Waals surface area contributed by atoms with Gasteiger partial charge in [0, 0.05) is 47.7 Å². The molecule has 1 amide bonds. The van der Waals surface area contributed by atoms with Crippen LogP contribution in [0.5, 0.6) is 0 Å². The van der Waals surface area contributed by atoms with Crippen molar-refractivity contribution >= 4 is 40.0 Å². The van der Waals surface area contributed by atoms with Crippen molar-refractivity contribution in [2.45, 2.75) is 13.8 Å². The number of fused-ring (bicyclic) bond motifs is 3. The first kappa shape index (κ1) is 22.5. The van der Waals surface area contributed by atoms with E-state index in [4.69, 9.17) is 16.6 Å². The van der Waals surface area contributed by atoms with Gasteiger partial charge in [-0.3, -0.25) is 4.79 Å². The van der Waals surface area contributed by atoms with Crippen LogP contribution in [0.4, 0.5) is 5.95 Å². The van der Waals surface area contributed by atoms with Gasteiger partial charge in [0.05, 0.1) is 5.52 Å². The van der Waals surface area contributed by atoms with E-state index in [2.05, 4.69) is 46.3 Å². The zero-order valence-corrected chi connectivity index (χ0v) is 20.9. The fourth-order valence-electron chi connectivity index (χ4n) is 4.79. The number of halogens is 1. The van der Waals surface area contributed by atoms with E-state index >= 15 is 0 Å². The topological polar surface area (TPSA) is 66.6 Å². The molecule has 1 fully saturated rings. The first-order valence-electron chi connectivity index (χ1n) is 12.0. The maximum atomic E-state index is 13.2. The van der Waals surface area contributed by atoms with E-state index in [0.29, 0.717) is 31.2 Å². The lowest BCUT2D eigenvalue weighted by atomic mass is 10.1. The molecule has 0 bridgehead atoms. The summed E-state index contributed by atoms with van der Waals surface area (Å²) in [5.41, 5.74) is 5.41. The average molecular weight is 497 g/mol. The molecule has 0 spiro atoms. The monoisotopic (exact) mass is 496 g/mol. The fraction of sp³-hybridized carbons (Fsp3) is 0.214. The number of aromatic nitrogens is 4. The molecule has 6 rings (SSSR count). The Kier molecular flexibility index (Phi) is 5.57. The molecule has 7 nitrogen and oxygen atoms in total. The molecular formula is C28H25ClN6O. The van der Waals surface area contributed by atoms with Crippen molar-refractivity contribution in [1.29, 1.82) is 0 Å². The van der Waals surface area contributed by atoms with Crippen LogP contribution in [0, 0.1) is 13.8 Å². The highest BCUT2D eigenvalue weighted by Gasteiger charge is 2.27. The number of rotatable bonds is 3. The SMILES string of the molecule is Cc1ccc(-c2nnc3c4ccc(Cl)cc4nc(N4CCN(C(=O)c5ccccc5C)CC4)n23)cc1. The molecule has 0 aliphatic carbocycles. The fourth-order valence-corrected chi connectivity index (χ4v) is 4.95. The molecule has 36 heavy (non-hydrogen) atoms. The minimum atomic E-state index is 0.0702. The third-order valence-electron chi connectivity index (χ3n) is 6.82. The van der Waals surface area contributed by atoms with Gasteiger partial charge in [-0.15, -0.1) is 10.2 Å². The molecule has 0 radical (unpaired) electrons. The highest BCUT2D eigenvalue weighted by molar-refractivity contribution is 6.31. The van der Waals surface area contributed by atoms with Gasteiger partial charge in [-0.05, 0) is 43.7 Å². The smallest absolute Gasteiger partial charge is 0.254 e. The summed E-state index contributed by atoms with van der Waals surface area (Å²) in [6.45, 7) is 6.54. The number of piperazine rings is 1. The summed E-state index contributed by atoms with van der Waals surface area (Å²) in [5, 5.41) is 10.6. The standard InChI is InChI=1S/C28H25ClN6O/c1-18-7-9-20(10-8-18)25-31-32-26-23-12-11-21(29)17-24(23)30-28(35(25)26)34-15-13-33(14-16-34)27(36)22-6-4-3-5-19(22)2/h3-12,17H,13-16H2,1-2H3. The molecule has 180 valence electrons. The predicted molar refractivity (Wildman–Crippen MR) is 143 cm³/mol. The summed E-state index contributed by atoms with van der Waals surface area (Å²) in [6.07, 6.45) is 0. The Morgan fingerprint density at radius 2 is 1.64 bits per heavy atom. The van der Waals surface area contributed by atoms with Gasteiger partial charge >= 0.3 is 0 Å². The summed E-state index contributed by atoms with van der Waals surface area (Å²) in [5.74, 6) is 1.56. The molecule has 0 atom stereocenters. The van der Waals surface area contributed by atoms with Crippen LogP contribution in [0.15, 0.2) is 66.7 Å². The van der Waals surface area contributed by atoms with Gasteiger partial charge in [0.2, 0.25) is 5.95 Å². The highest BCUT2D eigenvalue weighted by Crippen LogP contribution is 2.30. The molecule has 1 aliphatic heterocycles. The van der Waals surface area contributed by atoms with Crippen molar-refractivity contribution in [2.75, 3.05) is 31.1 Å². The number of carbonyl (C=O) groups is 1. The second-order valence-corrected chi connectivity index (χ2v) is 9.65. The third kappa shape index (κ3) is 3.85. The lowest BCUT2D eigenvalue weighted by molar-refractivity contribution is 0.0745. The van der Waals surface area contributed by atoms with Crippen molar-refractivity contribution in [3.8, 4) is 11.4 Å². The zero-order valence-electron chi connectivity index (χ0n) is 20.1. The van der Waals surface area contributed by atoms with E-state index in [1.807, 2.05) is 58.7 Å². The Labute approximate surface area is 214 Å². The molecule has 1 aliphatic rings. The van der Waals surface area contributed by atoms with Gasteiger partial charge < -0.3 is 9.80 Å². The van der Waals surface area contributed by atoms with Crippen LogP contribution in [-0.2, 0) is 0 Å². The van der Waals surface area contributed by atoms with Gasteiger partial charge in [-0.2, -0.15) is 0 Å². The lowest BCUT2D eigenvalue weighted by Gasteiger charge is -2.36. The van der Waals surface area contributed by atoms with Crippen molar-refractivity contribution in [2.24, 2.45) is 0 Å². The number of aryl methyl sites for hydroxylation is 2. The average Bonchev–Trinajstić information content (AvgIpc) is 3.34. The Morgan fingerprint density at radius 3 is 2.39 bits per heavy atom. The summed E-state index contributed by atoms with van der Waals surface area (Å²) < 4.78 is 2.03. The van der Waals surface area contributed by atoms with Crippen LogP contribution in [0.25, 0.3) is 27.9 Å². The van der Waals surface area contributed by atoms with E-state index in [0.717, 1.165) is 45.0 Å². The molecular weight excluding hydrogens is 472 g/mol. The lowest BCUT2D eigenvalue weighted by Crippen LogP contribution is -2.49. The van der Waals surface area contributed by atoms with Crippen LogP contribution < -0.4 is 4.90 Å². The molecule has 2 aromatic heterocycles. The first-order chi connectivity index (χ1) is 17.5. The second kappa shape index (κ2) is 8.91. The molecule has 1 saturated heterocycles. The highest BCUT2D eigenvalue weighted by atomic mass is 35.5. The summed E-state index contributed by atoms with van der Waals surface area (Å²) in [4.78, 5) is 22.3. The predicted octanol–water partition coefficient (Wildman–Crippen LogP) is 5.18. The van der Waals surface area contributed by atoms with E-state index in [1.165, 1.54) is 5.56 Å². The van der Waals surface area contributed by atoms with E-state index in [9.17, 15) is 4.79 Å². The Bertz CT molecular complexity index is 1600. The number of amides is 1. The molecule has 0 saturated carbocycles. The van der Waals surface area contributed by atoms with Gasteiger partial charge in [0.25, 0.3) is 5.91 Å². The van der Waals surface area contributed by atoms with Crippen LogP contribution in [0.2, 0.25) is 5.02 Å². The van der Waals surface area contributed by atoms with Crippen molar-refractivity contribution in [1.82, 2.24) is 24.5 Å². The number of nitrogens with zero attached hydrogens (tertiary/aromatic N) is 6. The Morgan fingerprint density at radius 1 is 0.889 bits per heavy atom. The molecule has 0 unspecified atom stereocenters. The zero-order chi connectivity index (χ0) is 24.8. The van der Waals surface area contributed by atoms with E-state index < -0.39 is 0 Å². The minimum Gasteiger partial charge on any atom is -0.338 e. The number of anilines is 1. The van der Waals surface area contributed by atoms with Crippen molar-refractivity contribution < 1.29 is 4.79 Å².